The number of benzene rings is 1. The summed E-state index contributed by atoms with van der Waals surface area (Å²) in [6.07, 6.45) is -7.45. The number of halogens is 6. The van der Waals surface area contributed by atoms with Gasteiger partial charge in [-0.2, -0.15) is 13.2 Å². The largest absolute Gasteiger partial charge is 0.522 e. The van der Waals surface area contributed by atoms with Gasteiger partial charge in [0.15, 0.2) is 0 Å². The molecule has 0 spiro atoms. The third-order valence-corrected chi connectivity index (χ3v) is 5.09. The van der Waals surface area contributed by atoms with Crippen molar-refractivity contribution in [1.29, 1.82) is 0 Å². The smallest absolute Gasteiger partial charge is 0.507 e. The van der Waals surface area contributed by atoms with Gasteiger partial charge in [0.25, 0.3) is 0 Å². The molecule has 0 atom stereocenters. The molecule has 1 aromatic heterocycles. The number of amides is 1. The SMILES string of the molecule is C=C(CCNC(=O)CO[C@H]1C[C@@H](OC(F)(F)F)C1)n1cnc(-c2ccc(C(F)(F)F)cc2O)c1. The molecule has 1 heterocycles. The number of aromatic nitrogens is 2. The first kappa shape index (κ1) is 25.6. The molecule has 1 aromatic carbocycles. The second-order valence-corrected chi connectivity index (χ2v) is 7.65. The summed E-state index contributed by atoms with van der Waals surface area (Å²) in [5, 5.41) is 12.5. The Morgan fingerprint density at radius 2 is 1.91 bits per heavy atom. The van der Waals surface area contributed by atoms with Crippen LogP contribution in [0.4, 0.5) is 26.3 Å². The predicted molar refractivity (Wildman–Crippen MR) is 107 cm³/mol. The van der Waals surface area contributed by atoms with Gasteiger partial charge in [0, 0.05) is 43.3 Å². The van der Waals surface area contributed by atoms with Crippen LogP contribution in [-0.4, -0.2) is 52.3 Å². The molecule has 2 aromatic rings. The lowest BCUT2D eigenvalue weighted by atomic mass is 9.92. The van der Waals surface area contributed by atoms with Crippen molar-refractivity contribution >= 4 is 11.6 Å². The van der Waals surface area contributed by atoms with E-state index >= 15 is 0 Å². The van der Waals surface area contributed by atoms with Crippen molar-refractivity contribution < 1.29 is 45.7 Å². The average Bonchev–Trinajstić information content (AvgIpc) is 3.18. The van der Waals surface area contributed by atoms with Crippen molar-refractivity contribution in [3.8, 4) is 17.0 Å². The van der Waals surface area contributed by atoms with E-state index in [0.717, 1.165) is 12.1 Å². The molecule has 0 saturated heterocycles. The van der Waals surface area contributed by atoms with E-state index in [-0.39, 0.29) is 37.3 Å². The molecule has 186 valence electrons. The van der Waals surface area contributed by atoms with Crippen LogP contribution in [0.25, 0.3) is 17.0 Å². The number of nitrogens with zero attached hydrogens (tertiary/aromatic N) is 2. The molecule has 0 unspecified atom stereocenters. The lowest BCUT2D eigenvalue weighted by Crippen LogP contribution is -2.42. The number of rotatable bonds is 9. The Balaban J connectivity index is 1.40. The van der Waals surface area contributed by atoms with Crippen LogP contribution in [0.2, 0.25) is 0 Å². The molecule has 1 fully saturated rings. The van der Waals surface area contributed by atoms with Crippen molar-refractivity contribution in [2.24, 2.45) is 0 Å². The fraction of sp³-hybridized carbons (Fsp3) is 0.429. The van der Waals surface area contributed by atoms with Gasteiger partial charge in [-0.15, -0.1) is 13.2 Å². The molecule has 0 aliphatic heterocycles. The normalized spacial score (nSPS) is 18.4. The first-order valence-corrected chi connectivity index (χ1v) is 10.1. The van der Waals surface area contributed by atoms with Gasteiger partial charge in [-0.3, -0.25) is 9.53 Å². The van der Waals surface area contributed by atoms with Crippen LogP contribution in [0, 0.1) is 0 Å². The number of carbonyl (C=O) groups is 1. The lowest BCUT2D eigenvalue weighted by Gasteiger charge is -2.34. The van der Waals surface area contributed by atoms with E-state index in [0.29, 0.717) is 18.2 Å². The van der Waals surface area contributed by atoms with Gasteiger partial charge in [-0.1, -0.05) is 6.58 Å². The third-order valence-electron chi connectivity index (χ3n) is 5.09. The first-order valence-electron chi connectivity index (χ1n) is 10.1. The van der Waals surface area contributed by atoms with E-state index in [2.05, 4.69) is 21.6 Å². The van der Waals surface area contributed by atoms with Crippen molar-refractivity contribution in [3.63, 3.8) is 0 Å². The number of alkyl halides is 6. The quantitative estimate of drug-likeness (QED) is 0.508. The van der Waals surface area contributed by atoms with Crippen LogP contribution in [0.15, 0.2) is 37.3 Å². The fourth-order valence-corrected chi connectivity index (χ4v) is 3.22. The average molecular weight is 493 g/mol. The zero-order valence-corrected chi connectivity index (χ0v) is 17.6. The minimum atomic E-state index is -4.69. The number of phenolic OH excluding ortho intramolecular Hbond substituents is 1. The maximum Gasteiger partial charge on any atom is 0.522 e. The van der Waals surface area contributed by atoms with Crippen LogP contribution in [-0.2, 0) is 20.4 Å². The molecular formula is C21H21F6N3O4. The third kappa shape index (κ3) is 6.97. The van der Waals surface area contributed by atoms with Gasteiger partial charge >= 0.3 is 12.5 Å². The first-order chi connectivity index (χ1) is 15.8. The van der Waals surface area contributed by atoms with Gasteiger partial charge in [-0.05, 0) is 18.2 Å². The number of imidazole rings is 1. The van der Waals surface area contributed by atoms with Gasteiger partial charge < -0.3 is 19.7 Å². The summed E-state index contributed by atoms with van der Waals surface area (Å²) in [5.74, 6) is -1.02. The minimum absolute atomic E-state index is 0.0566. The molecular weight excluding hydrogens is 472 g/mol. The van der Waals surface area contributed by atoms with Gasteiger partial charge in [-0.25, -0.2) is 4.98 Å². The van der Waals surface area contributed by atoms with Crippen LogP contribution in [0.1, 0.15) is 24.8 Å². The number of aromatic hydroxyl groups is 1. The highest BCUT2D eigenvalue weighted by molar-refractivity contribution is 5.77. The Morgan fingerprint density at radius 1 is 1.21 bits per heavy atom. The van der Waals surface area contributed by atoms with E-state index < -0.39 is 42.0 Å². The highest BCUT2D eigenvalue weighted by atomic mass is 19.4. The van der Waals surface area contributed by atoms with Gasteiger partial charge in [0.05, 0.1) is 29.8 Å². The monoisotopic (exact) mass is 493 g/mol. The molecule has 1 saturated carbocycles. The second kappa shape index (κ2) is 10.1. The van der Waals surface area contributed by atoms with Crippen molar-refractivity contribution in [2.75, 3.05) is 13.2 Å². The summed E-state index contributed by atoms with van der Waals surface area (Å²) in [6.45, 7) is 3.73. The van der Waals surface area contributed by atoms with Crippen LogP contribution in [0.5, 0.6) is 5.75 Å². The molecule has 0 radical (unpaired) electrons. The van der Waals surface area contributed by atoms with Crippen LogP contribution < -0.4 is 5.32 Å². The lowest BCUT2D eigenvalue weighted by molar-refractivity contribution is -0.357. The van der Waals surface area contributed by atoms with E-state index in [1.165, 1.54) is 17.1 Å². The molecule has 13 heteroatoms. The maximum atomic E-state index is 12.7. The highest BCUT2D eigenvalue weighted by Gasteiger charge is 2.40. The van der Waals surface area contributed by atoms with E-state index in [1.807, 2.05) is 0 Å². The van der Waals surface area contributed by atoms with Crippen molar-refractivity contribution in [2.45, 2.75) is 44.0 Å². The Bertz CT molecular complexity index is 1030. The molecule has 2 N–H and O–H groups in total. The second-order valence-electron chi connectivity index (χ2n) is 7.65. The molecule has 1 amide bonds. The molecule has 34 heavy (non-hydrogen) atoms. The number of hydrogen-bond acceptors (Lipinski definition) is 5. The number of nitrogens with one attached hydrogen (secondary N) is 1. The van der Waals surface area contributed by atoms with E-state index in [4.69, 9.17) is 4.74 Å². The topological polar surface area (TPSA) is 85.6 Å². The summed E-state index contributed by atoms with van der Waals surface area (Å²) in [6, 6.07) is 2.58. The van der Waals surface area contributed by atoms with Crippen molar-refractivity contribution in [3.05, 3.63) is 42.9 Å². The summed E-state index contributed by atoms with van der Waals surface area (Å²) in [5.41, 5.74) is -0.122. The summed E-state index contributed by atoms with van der Waals surface area (Å²) in [4.78, 5) is 15.9. The van der Waals surface area contributed by atoms with Crippen LogP contribution in [0.3, 0.4) is 0 Å². The molecule has 7 nitrogen and oxygen atoms in total. The fourth-order valence-electron chi connectivity index (χ4n) is 3.22. The van der Waals surface area contributed by atoms with Crippen molar-refractivity contribution in [1.82, 2.24) is 14.9 Å². The zero-order valence-electron chi connectivity index (χ0n) is 17.6. The molecule has 3 rings (SSSR count). The molecule has 1 aliphatic carbocycles. The Labute approximate surface area is 190 Å². The Kier molecular flexibility index (Phi) is 7.56. The van der Waals surface area contributed by atoms with Gasteiger partial charge in [0.1, 0.15) is 12.4 Å². The minimum Gasteiger partial charge on any atom is -0.507 e. The summed E-state index contributed by atoms with van der Waals surface area (Å²) < 4.78 is 85.0. The van der Waals surface area contributed by atoms with E-state index in [1.54, 1.807) is 0 Å². The summed E-state index contributed by atoms with van der Waals surface area (Å²) in [7, 11) is 0. The number of phenols is 1. The Morgan fingerprint density at radius 3 is 2.53 bits per heavy atom. The van der Waals surface area contributed by atoms with Gasteiger partial charge in [0.2, 0.25) is 5.91 Å². The molecule has 0 bridgehead atoms. The number of ether oxygens (including phenoxy) is 2. The standard InChI is InChI=1S/C21H21F6N3O4/c1-12(4-5-28-19(32)10-33-14-7-15(8-14)34-21(25,26)27)30-9-17(29-11-30)16-3-2-13(6-18(16)31)20(22,23)24/h2-3,6,9,11,14-15,31H,1,4-5,7-8,10H2,(H,28,32)/t14-,15+. The predicted octanol–water partition coefficient (Wildman–Crippen LogP) is 4.34. The van der Waals surface area contributed by atoms with E-state index in [9.17, 15) is 36.2 Å². The number of carbonyl (C=O) groups excluding carboxylic acids is 1. The summed E-state index contributed by atoms with van der Waals surface area (Å²) >= 11 is 0. The highest BCUT2D eigenvalue weighted by Crippen LogP contribution is 2.36. The number of hydrogen-bond donors (Lipinski definition) is 2. The molecule has 1 aliphatic rings. The van der Waals surface area contributed by atoms with Crippen LogP contribution >= 0.6 is 0 Å². The zero-order chi connectivity index (χ0) is 25.1. The maximum absolute atomic E-state index is 12.7. The Hall–Kier alpha value is -3.06.